The fourth-order valence-electron chi connectivity index (χ4n) is 2.80. The third-order valence-corrected chi connectivity index (χ3v) is 4.31. The third kappa shape index (κ3) is 5.03. The first-order valence-corrected chi connectivity index (χ1v) is 8.12. The highest BCUT2D eigenvalue weighted by Gasteiger charge is 2.43. The van der Waals surface area contributed by atoms with Gasteiger partial charge < -0.3 is 19.7 Å². The van der Waals surface area contributed by atoms with E-state index in [0.717, 1.165) is 4.90 Å². The molecule has 0 aliphatic carbocycles. The highest BCUT2D eigenvalue weighted by Crippen LogP contribution is 2.24. The first kappa shape index (κ1) is 19.9. The summed E-state index contributed by atoms with van der Waals surface area (Å²) in [6.45, 7) is 0.393. The number of hydrogen-bond donors (Lipinski definition) is 1. The van der Waals surface area contributed by atoms with Crippen LogP contribution in [0.2, 0.25) is 0 Å². The molecule has 0 aromatic heterocycles. The van der Waals surface area contributed by atoms with Crippen molar-refractivity contribution in [2.45, 2.75) is 19.0 Å². The molecule has 9 heteroatoms. The van der Waals surface area contributed by atoms with Crippen LogP contribution in [0.5, 0.6) is 11.5 Å². The lowest BCUT2D eigenvalue weighted by molar-refractivity contribution is -0.186. The smallest absolute Gasteiger partial charge is 0.471 e. The number of piperidine rings is 1. The average molecular weight is 374 g/mol. The quantitative estimate of drug-likeness (QED) is 0.858. The summed E-state index contributed by atoms with van der Waals surface area (Å²) in [5.74, 6) is -1.15. The van der Waals surface area contributed by atoms with E-state index in [1.165, 1.54) is 14.2 Å². The van der Waals surface area contributed by atoms with Gasteiger partial charge in [-0.3, -0.25) is 9.59 Å². The summed E-state index contributed by atoms with van der Waals surface area (Å²) >= 11 is 0. The zero-order chi connectivity index (χ0) is 19.3. The van der Waals surface area contributed by atoms with Gasteiger partial charge in [0.05, 0.1) is 14.2 Å². The van der Waals surface area contributed by atoms with E-state index < -0.39 is 12.1 Å². The number of rotatable bonds is 5. The number of likely N-dealkylation sites (tertiary alicyclic amines) is 1. The fraction of sp³-hybridized carbons (Fsp3) is 0.529. The summed E-state index contributed by atoms with van der Waals surface area (Å²) in [7, 11) is 2.96. The minimum atomic E-state index is -4.84. The van der Waals surface area contributed by atoms with Crippen molar-refractivity contribution in [1.29, 1.82) is 0 Å². The van der Waals surface area contributed by atoms with E-state index in [1.807, 2.05) is 0 Å². The Balaban J connectivity index is 1.87. The molecule has 6 nitrogen and oxygen atoms in total. The van der Waals surface area contributed by atoms with Crippen molar-refractivity contribution < 1.29 is 32.2 Å². The van der Waals surface area contributed by atoms with Gasteiger partial charge in [0, 0.05) is 31.3 Å². The first-order valence-electron chi connectivity index (χ1n) is 8.12. The molecule has 0 bridgehead atoms. The molecule has 0 atom stereocenters. The van der Waals surface area contributed by atoms with Crippen LogP contribution in [0.3, 0.4) is 0 Å². The van der Waals surface area contributed by atoms with E-state index in [0.29, 0.717) is 36.4 Å². The number of methoxy groups -OCH3 is 2. The number of carbonyl (C=O) groups excluding carboxylic acids is 2. The molecular formula is C17H21F3N2O4. The van der Waals surface area contributed by atoms with Gasteiger partial charge >= 0.3 is 12.1 Å². The van der Waals surface area contributed by atoms with E-state index >= 15 is 0 Å². The van der Waals surface area contributed by atoms with Crippen LogP contribution in [0.15, 0.2) is 18.2 Å². The molecule has 1 aliphatic rings. The minimum absolute atomic E-state index is 0.0173. The second kappa shape index (κ2) is 8.29. The van der Waals surface area contributed by atoms with Crippen LogP contribution < -0.4 is 14.8 Å². The Bertz CT molecular complexity index is 634. The zero-order valence-electron chi connectivity index (χ0n) is 14.6. The first-order chi connectivity index (χ1) is 12.2. The van der Waals surface area contributed by atoms with Crippen molar-refractivity contribution in [2.75, 3.05) is 33.9 Å². The van der Waals surface area contributed by atoms with Crippen molar-refractivity contribution in [3.63, 3.8) is 0 Å². The Morgan fingerprint density at radius 2 is 1.65 bits per heavy atom. The van der Waals surface area contributed by atoms with Crippen molar-refractivity contribution in [2.24, 2.45) is 5.92 Å². The number of amides is 2. The number of ether oxygens (including phenoxy) is 2. The number of nitrogens with one attached hydrogen (secondary N) is 1. The predicted molar refractivity (Wildman–Crippen MR) is 87.2 cm³/mol. The molecule has 1 fully saturated rings. The maximum Gasteiger partial charge on any atom is 0.471 e. The van der Waals surface area contributed by atoms with Crippen LogP contribution in [-0.4, -0.2) is 56.7 Å². The predicted octanol–water partition coefficient (Wildman–Crippen LogP) is 2.23. The molecule has 2 amide bonds. The number of benzene rings is 1. The molecule has 144 valence electrons. The summed E-state index contributed by atoms with van der Waals surface area (Å²) in [6, 6.07) is 4.79. The van der Waals surface area contributed by atoms with Gasteiger partial charge in [0.25, 0.3) is 5.91 Å². The topological polar surface area (TPSA) is 67.9 Å². The Labute approximate surface area is 149 Å². The molecule has 0 radical (unpaired) electrons. The van der Waals surface area contributed by atoms with Gasteiger partial charge in [-0.15, -0.1) is 0 Å². The molecule has 0 saturated carbocycles. The molecule has 0 spiro atoms. The molecule has 26 heavy (non-hydrogen) atoms. The van der Waals surface area contributed by atoms with Gasteiger partial charge in [-0.2, -0.15) is 13.2 Å². The fourth-order valence-corrected chi connectivity index (χ4v) is 2.80. The van der Waals surface area contributed by atoms with Crippen LogP contribution in [0.25, 0.3) is 0 Å². The molecule has 1 saturated heterocycles. The number of hydrogen-bond acceptors (Lipinski definition) is 4. The van der Waals surface area contributed by atoms with Gasteiger partial charge in [-0.1, -0.05) is 0 Å². The maximum absolute atomic E-state index is 12.4. The van der Waals surface area contributed by atoms with Crippen molar-refractivity contribution in [1.82, 2.24) is 10.2 Å². The van der Waals surface area contributed by atoms with Gasteiger partial charge in [0.1, 0.15) is 11.5 Å². The van der Waals surface area contributed by atoms with Crippen molar-refractivity contribution >= 4 is 11.8 Å². The molecule has 2 rings (SSSR count). The van der Waals surface area contributed by atoms with Crippen molar-refractivity contribution in [3.8, 4) is 11.5 Å². The second-order valence-corrected chi connectivity index (χ2v) is 6.04. The highest BCUT2D eigenvalue weighted by molar-refractivity contribution is 5.95. The van der Waals surface area contributed by atoms with E-state index in [4.69, 9.17) is 9.47 Å². The van der Waals surface area contributed by atoms with E-state index in [-0.39, 0.29) is 24.9 Å². The maximum atomic E-state index is 12.4. The highest BCUT2D eigenvalue weighted by atomic mass is 19.4. The van der Waals surface area contributed by atoms with Crippen LogP contribution in [-0.2, 0) is 4.79 Å². The SMILES string of the molecule is COc1cc(OC)cc(C(=O)NCC2CCN(C(=O)C(F)(F)F)CC2)c1. The minimum Gasteiger partial charge on any atom is -0.497 e. The van der Waals surface area contributed by atoms with Crippen molar-refractivity contribution in [3.05, 3.63) is 23.8 Å². The number of halogens is 3. The van der Waals surface area contributed by atoms with Crippen LogP contribution in [0, 0.1) is 5.92 Å². The van der Waals surface area contributed by atoms with Crippen LogP contribution in [0.4, 0.5) is 13.2 Å². The third-order valence-electron chi connectivity index (χ3n) is 4.31. The van der Waals surface area contributed by atoms with Gasteiger partial charge in [-0.25, -0.2) is 0 Å². The second-order valence-electron chi connectivity index (χ2n) is 6.04. The van der Waals surface area contributed by atoms with E-state index in [1.54, 1.807) is 18.2 Å². The standard InChI is InChI=1S/C17H21F3N2O4/c1-25-13-7-12(8-14(9-13)26-2)15(23)21-10-11-3-5-22(6-4-11)16(24)17(18,19)20/h7-9,11H,3-6,10H2,1-2H3,(H,21,23). The monoisotopic (exact) mass is 374 g/mol. The molecule has 0 unspecified atom stereocenters. The Kier molecular flexibility index (Phi) is 6.33. The summed E-state index contributed by atoms with van der Waals surface area (Å²) in [6.07, 6.45) is -4.03. The number of carbonyl (C=O) groups is 2. The Hall–Kier alpha value is -2.45. The summed E-state index contributed by atoms with van der Waals surface area (Å²) in [4.78, 5) is 24.3. The largest absolute Gasteiger partial charge is 0.497 e. The lowest BCUT2D eigenvalue weighted by atomic mass is 9.96. The molecule has 1 aromatic carbocycles. The molecule has 1 heterocycles. The molecular weight excluding hydrogens is 353 g/mol. The molecule has 1 aromatic rings. The van der Waals surface area contributed by atoms with Crippen LogP contribution in [0.1, 0.15) is 23.2 Å². The normalized spacial score (nSPS) is 15.5. The Morgan fingerprint density at radius 1 is 1.12 bits per heavy atom. The van der Waals surface area contributed by atoms with E-state index in [2.05, 4.69) is 5.32 Å². The zero-order valence-corrected chi connectivity index (χ0v) is 14.6. The lowest BCUT2D eigenvalue weighted by Gasteiger charge is -2.32. The average Bonchev–Trinajstić information content (AvgIpc) is 2.64. The summed E-state index contributed by atoms with van der Waals surface area (Å²) in [5.41, 5.74) is 0.367. The van der Waals surface area contributed by atoms with Crippen LogP contribution >= 0.6 is 0 Å². The van der Waals surface area contributed by atoms with E-state index in [9.17, 15) is 22.8 Å². The number of nitrogens with zero attached hydrogens (tertiary/aromatic N) is 1. The van der Waals surface area contributed by atoms with Gasteiger partial charge in [-0.05, 0) is 30.9 Å². The molecule has 1 aliphatic heterocycles. The number of alkyl halides is 3. The summed E-state index contributed by atoms with van der Waals surface area (Å²) < 4.78 is 47.5. The Morgan fingerprint density at radius 3 is 2.12 bits per heavy atom. The lowest BCUT2D eigenvalue weighted by Crippen LogP contribution is -2.46. The van der Waals surface area contributed by atoms with Gasteiger partial charge in [0.2, 0.25) is 0 Å². The summed E-state index contributed by atoms with van der Waals surface area (Å²) in [5, 5.41) is 2.77. The van der Waals surface area contributed by atoms with Gasteiger partial charge in [0.15, 0.2) is 0 Å². The molecule has 1 N–H and O–H groups in total.